The van der Waals surface area contributed by atoms with E-state index in [0.717, 1.165) is 12.1 Å². The van der Waals surface area contributed by atoms with Crippen molar-refractivity contribution in [1.82, 2.24) is 15.3 Å². The molecular weight excluding hydrogens is 238 g/mol. The van der Waals surface area contributed by atoms with Gasteiger partial charge in [0.15, 0.2) is 0 Å². The second-order valence-corrected chi connectivity index (χ2v) is 4.96. The Morgan fingerprint density at radius 1 is 1.32 bits per heavy atom. The van der Waals surface area contributed by atoms with Gasteiger partial charge in [-0.15, -0.1) is 0 Å². The Hall–Kier alpha value is -1.16. The Morgan fingerprint density at radius 2 is 2.11 bits per heavy atom. The zero-order valence-electron chi connectivity index (χ0n) is 12.6. The normalized spacial score (nSPS) is 14.1. The molecule has 0 saturated heterocycles. The maximum absolute atomic E-state index is 5.15. The number of hydrogen-bond acceptors (Lipinski definition) is 4. The van der Waals surface area contributed by atoms with Crippen LogP contribution >= 0.6 is 0 Å². The fourth-order valence-electron chi connectivity index (χ4n) is 2.49. The van der Waals surface area contributed by atoms with Crippen molar-refractivity contribution in [1.29, 1.82) is 0 Å². The number of likely N-dealkylation sites (N-methyl/N-ethyl adjacent to an activating group) is 1. The van der Waals surface area contributed by atoms with Gasteiger partial charge in [-0.25, -0.2) is 9.97 Å². The molecule has 0 aromatic carbocycles. The molecule has 108 valence electrons. The quantitative estimate of drug-likeness (QED) is 0.746. The lowest BCUT2D eigenvalue weighted by Gasteiger charge is -2.25. The minimum Gasteiger partial charge on any atom is -0.481 e. The van der Waals surface area contributed by atoms with Crippen LogP contribution in [0, 0.1) is 5.92 Å². The summed E-state index contributed by atoms with van der Waals surface area (Å²) in [6, 6.07) is 2.40. The molecule has 1 N–H and O–H groups in total. The van der Waals surface area contributed by atoms with Crippen LogP contribution in [0.5, 0.6) is 5.88 Å². The van der Waals surface area contributed by atoms with Gasteiger partial charge in [-0.2, -0.15) is 0 Å². The summed E-state index contributed by atoms with van der Waals surface area (Å²) in [6.45, 7) is 4.52. The van der Waals surface area contributed by atoms with E-state index in [4.69, 9.17) is 4.74 Å². The molecule has 0 amide bonds. The van der Waals surface area contributed by atoms with Gasteiger partial charge in [0.2, 0.25) is 5.88 Å². The molecule has 0 fully saturated rings. The maximum atomic E-state index is 5.15. The van der Waals surface area contributed by atoms with Crippen molar-refractivity contribution in [2.75, 3.05) is 14.2 Å². The smallest absolute Gasteiger partial charge is 0.216 e. The summed E-state index contributed by atoms with van der Waals surface area (Å²) in [5, 5.41) is 3.45. The molecule has 0 bridgehead atoms. The number of rotatable bonds is 9. The highest BCUT2D eigenvalue weighted by atomic mass is 16.5. The molecule has 0 aliphatic carbocycles. The number of nitrogens with one attached hydrogen (secondary N) is 1. The van der Waals surface area contributed by atoms with Crippen molar-refractivity contribution in [2.45, 2.75) is 52.0 Å². The van der Waals surface area contributed by atoms with Gasteiger partial charge >= 0.3 is 0 Å². The fourth-order valence-corrected chi connectivity index (χ4v) is 2.49. The van der Waals surface area contributed by atoms with Gasteiger partial charge in [0.1, 0.15) is 6.33 Å². The predicted molar refractivity (Wildman–Crippen MR) is 78.4 cm³/mol. The van der Waals surface area contributed by atoms with Crippen LogP contribution in [0.15, 0.2) is 12.4 Å². The lowest BCUT2D eigenvalue weighted by Crippen LogP contribution is -2.35. The molecule has 1 rings (SSSR count). The summed E-state index contributed by atoms with van der Waals surface area (Å²) in [5.41, 5.74) is 1.04. The Morgan fingerprint density at radius 3 is 2.68 bits per heavy atom. The summed E-state index contributed by atoms with van der Waals surface area (Å²) < 4.78 is 5.15. The highest BCUT2D eigenvalue weighted by Gasteiger charge is 2.19. The van der Waals surface area contributed by atoms with E-state index in [-0.39, 0.29) is 0 Å². The van der Waals surface area contributed by atoms with E-state index in [9.17, 15) is 0 Å². The van der Waals surface area contributed by atoms with E-state index in [1.807, 2.05) is 13.1 Å². The lowest BCUT2D eigenvalue weighted by atomic mass is 9.88. The summed E-state index contributed by atoms with van der Waals surface area (Å²) >= 11 is 0. The topological polar surface area (TPSA) is 47.0 Å². The highest BCUT2D eigenvalue weighted by molar-refractivity contribution is 5.14. The van der Waals surface area contributed by atoms with Crippen molar-refractivity contribution < 1.29 is 4.74 Å². The molecule has 19 heavy (non-hydrogen) atoms. The predicted octanol–water partition coefficient (Wildman–Crippen LogP) is 2.83. The van der Waals surface area contributed by atoms with E-state index in [0.29, 0.717) is 17.8 Å². The minimum atomic E-state index is 0.469. The maximum Gasteiger partial charge on any atom is 0.216 e. The average molecular weight is 265 g/mol. The molecule has 4 heteroatoms. The first-order chi connectivity index (χ1) is 9.24. The molecule has 0 radical (unpaired) electrons. The van der Waals surface area contributed by atoms with E-state index in [2.05, 4.69) is 29.1 Å². The molecule has 1 aromatic rings. The van der Waals surface area contributed by atoms with Gasteiger partial charge in [-0.05, 0) is 19.4 Å². The summed E-state index contributed by atoms with van der Waals surface area (Å²) in [7, 11) is 3.68. The largest absolute Gasteiger partial charge is 0.481 e. The zero-order chi connectivity index (χ0) is 14.1. The van der Waals surface area contributed by atoms with Gasteiger partial charge < -0.3 is 10.1 Å². The average Bonchev–Trinajstić information content (AvgIpc) is 2.46. The van der Waals surface area contributed by atoms with Crippen LogP contribution in [-0.4, -0.2) is 30.2 Å². The first-order valence-electron chi connectivity index (χ1n) is 7.27. The Balaban J connectivity index is 2.67. The molecule has 2 atom stereocenters. The van der Waals surface area contributed by atoms with Gasteiger partial charge in [0.05, 0.1) is 7.11 Å². The van der Waals surface area contributed by atoms with Crippen LogP contribution in [0.25, 0.3) is 0 Å². The highest BCUT2D eigenvalue weighted by Crippen LogP contribution is 2.20. The molecule has 0 aliphatic heterocycles. The van der Waals surface area contributed by atoms with Crippen LogP contribution in [0.1, 0.15) is 45.2 Å². The molecule has 0 spiro atoms. The first-order valence-corrected chi connectivity index (χ1v) is 7.27. The molecule has 1 heterocycles. The van der Waals surface area contributed by atoms with E-state index < -0.39 is 0 Å². The van der Waals surface area contributed by atoms with Crippen LogP contribution in [0.4, 0.5) is 0 Å². The van der Waals surface area contributed by atoms with E-state index >= 15 is 0 Å². The molecule has 1 aromatic heterocycles. The minimum absolute atomic E-state index is 0.469. The second kappa shape index (κ2) is 8.86. The van der Waals surface area contributed by atoms with Crippen molar-refractivity contribution >= 4 is 0 Å². The number of ether oxygens (including phenoxy) is 1. The van der Waals surface area contributed by atoms with Crippen molar-refractivity contribution in [3.63, 3.8) is 0 Å². The van der Waals surface area contributed by atoms with Crippen molar-refractivity contribution in [3.8, 4) is 5.88 Å². The standard InChI is InChI=1S/C15H27N3O/c1-5-7-8-12(6-2)14(16-3)9-13-10-15(19-4)18-11-17-13/h10-12,14,16H,5-9H2,1-4H3. The summed E-state index contributed by atoms with van der Waals surface area (Å²) in [5.74, 6) is 1.34. The van der Waals surface area contributed by atoms with Gasteiger partial charge in [-0.3, -0.25) is 0 Å². The third-order valence-corrected chi connectivity index (χ3v) is 3.73. The lowest BCUT2D eigenvalue weighted by molar-refractivity contribution is 0.327. The number of methoxy groups -OCH3 is 1. The molecule has 0 saturated carbocycles. The zero-order valence-corrected chi connectivity index (χ0v) is 12.6. The van der Waals surface area contributed by atoms with Crippen LogP contribution in [0.3, 0.4) is 0 Å². The SMILES string of the molecule is CCCCC(CC)C(Cc1cc(OC)ncn1)NC. The van der Waals surface area contributed by atoms with Crippen LogP contribution in [-0.2, 0) is 6.42 Å². The number of nitrogens with zero attached hydrogens (tertiary/aromatic N) is 2. The van der Waals surface area contributed by atoms with Gasteiger partial charge in [0.25, 0.3) is 0 Å². The third-order valence-electron chi connectivity index (χ3n) is 3.73. The third kappa shape index (κ3) is 5.15. The Bertz CT molecular complexity index is 357. The first kappa shape index (κ1) is 15.9. The monoisotopic (exact) mass is 265 g/mol. The second-order valence-electron chi connectivity index (χ2n) is 4.96. The number of unbranched alkanes of at least 4 members (excludes halogenated alkanes) is 1. The summed E-state index contributed by atoms with van der Waals surface area (Å²) in [6.07, 6.45) is 7.54. The Labute approximate surface area is 117 Å². The van der Waals surface area contributed by atoms with E-state index in [1.165, 1.54) is 25.7 Å². The molecule has 4 nitrogen and oxygen atoms in total. The fraction of sp³-hybridized carbons (Fsp3) is 0.733. The van der Waals surface area contributed by atoms with E-state index in [1.54, 1.807) is 13.4 Å². The van der Waals surface area contributed by atoms with Crippen molar-refractivity contribution in [2.24, 2.45) is 5.92 Å². The van der Waals surface area contributed by atoms with Crippen molar-refractivity contribution in [3.05, 3.63) is 18.1 Å². The molecule has 2 unspecified atom stereocenters. The van der Waals surface area contributed by atoms with Crippen LogP contribution < -0.4 is 10.1 Å². The Kier molecular flexibility index (Phi) is 7.41. The summed E-state index contributed by atoms with van der Waals surface area (Å²) in [4.78, 5) is 8.39. The van der Waals surface area contributed by atoms with Gasteiger partial charge in [0, 0.05) is 24.2 Å². The number of aromatic nitrogens is 2. The molecule has 0 aliphatic rings. The van der Waals surface area contributed by atoms with Crippen LogP contribution in [0.2, 0.25) is 0 Å². The molecular formula is C15H27N3O. The number of hydrogen-bond donors (Lipinski definition) is 1. The van der Waals surface area contributed by atoms with Gasteiger partial charge in [-0.1, -0.05) is 33.1 Å².